The maximum Gasteiger partial charge on any atom is 0.573 e. The maximum atomic E-state index is 15.3. The smallest absolute Gasteiger partial charge is 0.444 e. The monoisotopic (exact) mass is 809 g/mol. The number of alkyl halides is 3. The summed E-state index contributed by atoms with van der Waals surface area (Å²) in [6, 6.07) is 4.20. The summed E-state index contributed by atoms with van der Waals surface area (Å²) in [4.78, 5) is 54.3. The lowest BCUT2D eigenvalue weighted by atomic mass is 9.88. The van der Waals surface area contributed by atoms with Gasteiger partial charge in [-0.25, -0.2) is 13.6 Å². The lowest BCUT2D eigenvalue weighted by Crippen LogP contribution is -2.57. The van der Waals surface area contributed by atoms with E-state index in [-0.39, 0.29) is 67.0 Å². The number of alkyl carbamates (subject to hydrolysis) is 1. The third-order valence-electron chi connectivity index (χ3n) is 9.54. The number of hydrogen-bond acceptors (Lipinski definition) is 7. The Morgan fingerprint density at radius 3 is 2.07 bits per heavy atom. The molecule has 0 unspecified atom stereocenters. The van der Waals surface area contributed by atoms with Crippen LogP contribution in [0.3, 0.4) is 0 Å². The molecule has 2 aromatic carbocycles. The van der Waals surface area contributed by atoms with E-state index in [1.165, 1.54) is 34.9 Å². The molecule has 1 aliphatic rings. The summed E-state index contributed by atoms with van der Waals surface area (Å²) < 4.78 is 86.2. The number of methoxy groups -OCH3 is 1. The van der Waals surface area contributed by atoms with Crippen molar-refractivity contribution in [3.8, 4) is 5.75 Å². The van der Waals surface area contributed by atoms with Crippen LogP contribution in [0.1, 0.15) is 88.7 Å². The van der Waals surface area contributed by atoms with Gasteiger partial charge in [-0.3, -0.25) is 14.4 Å². The lowest BCUT2D eigenvalue weighted by molar-refractivity contribution is -0.274. The first kappa shape index (κ1) is 44.8. The Labute approximate surface area is 328 Å². The molecule has 4 amide bonds. The molecule has 0 saturated carbocycles. The van der Waals surface area contributed by atoms with E-state index < -0.39 is 65.2 Å². The van der Waals surface area contributed by atoms with Crippen LogP contribution in [0.15, 0.2) is 36.5 Å². The van der Waals surface area contributed by atoms with Gasteiger partial charge in [-0.05, 0) is 80.7 Å². The molecule has 4 rings (SSSR count). The average Bonchev–Trinajstić information content (AvgIpc) is 3.51. The number of fused-ring (bicyclic) bond motifs is 1. The van der Waals surface area contributed by atoms with Crippen molar-refractivity contribution >= 4 is 34.7 Å². The minimum absolute atomic E-state index is 0.0122. The zero-order valence-corrected chi connectivity index (χ0v) is 33.4. The highest BCUT2D eigenvalue weighted by Gasteiger charge is 2.36. The Morgan fingerprint density at radius 2 is 1.49 bits per heavy atom. The van der Waals surface area contributed by atoms with Gasteiger partial charge in [0, 0.05) is 39.5 Å². The standard InChI is InChI=1S/C40H52F5N5O7/c1-22(2)32(47-36(52)33(23(3)4)48-38(54)57-39(5,6)7)35(51)46-20-24-9-10-28(41)26(19-24)25-13-15-49(16-14-25)37(53)27-21-50(17-18-55-8)34-29(42)11-12-30(31(27)34)56-40(43,44)45/h9-12,19,21-23,25,32-33H,13-18,20H2,1-8H3,(H,46,51)(H,47,52)(H,48,54)/t32-,33-/m0/s1. The van der Waals surface area contributed by atoms with E-state index in [9.17, 15) is 32.3 Å². The Kier molecular flexibility index (Phi) is 14.6. The molecule has 12 nitrogen and oxygen atoms in total. The minimum Gasteiger partial charge on any atom is -0.444 e. The first-order valence-corrected chi connectivity index (χ1v) is 18.8. The zero-order chi connectivity index (χ0) is 42.4. The topological polar surface area (TPSA) is 140 Å². The van der Waals surface area contributed by atoms with Gasteiger partial charge in [0.05, 0.1) is 23.1 Å². The van der Waals surface area contributed by atoms with Gasteiger partial charge in [0.15, 0.2) is 0 Å². The van der Waals surface area contributed by atoms with E-state index in [1.807, 2.05) is 0 Å². The number of benzene rings is 2. The van der Waals surface area contributed by atoms with E-state index in [0.717, 1.165) is 12.1 Å². The highest BCUT2D eigenvalue weighted by Crippen LogP contribution is 2.38. The summed E-state index contributed by atoms with van der Waals surface area (Å²) in [5.41, 5.74) is -0.217. The van der Waals surface area contributed by atoms with Gasteiger partial charge in [-0.1, -0.05) is 39.8 Å². The summed E-state index contributed by atoms with van der Waals surface area (Å²) >= 11 is 0. The summed E-state index contributed by atoms with van der Waals surface area (Å²) in [6.45, 7) is 12.6. The fourth-order valence-electron chi connectivity index (χ4n) is 6.74. The molecule has 0 bridgehead atoms. The van der Waals surface area contributed by atoms with E-state index in [1.54, 1.807) is 54.5 Å². The van der Waals surface area contributed by atoms with Crippen molar-refractivity contribution < 1.29 is 55.3 Å². The first-order chi connectivity index (χ1) is 26.6. The van der Waals surface area contributed by atoms with Gasteiger partial charge in [0.25, 0.3) is 5.91 Å². The number of rotatable bonds is 14. The molecular weight excluding hydrogens is 757 g/mol. The summed E-state index contributed by atoms with van der Waals surface area (Å²) in [7, 11) is 1.41. The Balaban J connectivity index is 1.44. The molecule has 0 radical (unpaired) electrons. The molecule has 314 valence electrons. The number of ether oxygens (including phenoxy) is 3. The van der Waals surface area contributed by atoms with Crippen molar-refractivity contribution in [2.45, 2.75) is 104 Å². The van der Waals surface area contributed by atoms with Gasteiger partial charge in [0.2, 0.25) is 11.8 Å². The van der Waals surface area contributed by atoms with Crippen LogP contribution in [-0.4, -0.2) is 84.1 Å². The number of halogens is 5. The largest absolute Gasteiger partial charge is 0.573 e. The van der Waals surface area contributed by atoms with Crippen LogP contribution >= 0.6 is 0 Å². The second kappa shape index (κ2) is 18.6. The number of amides is 4. The average molecular weight is 810 g/mol. The van der Waals surface area contributed by atoms with Crippen LogP contribution in [-0.2, 0) is 32.2 Å². The van der Waals surface area contributed by atoms with Crippen LogP contribution in [0.2, 0.25) is 0 Å². The fourth-order valence-corrected chi connectivity index (χ4v) is 6.74. The Bertz CT molecular complexity index is 1920. The molecule has 57 heavy (non-hydrogen) atoms. The number of piperidine rings is 1. The predicted molar refractivity (Wildman–Crippen MR) is 201 cm³/mol. The maximum absolute atomic E-state index is 15.3. The third-order valence-corrected chi connectivity index (χ3v) is 9.54. The molecule has 0 aliphatic carbocycles. The molecule has 3 N–H and O–H groups in total. The van der Waals surface area contributed by atoms with Crippen molar-refractivity contribution in [3.63, 3.8) is 0 Å². The molecule has 0 spiro atoms. The van der Waals surface area contributed by atoms with Crippen LogP contribution < -0.4 is 20.7 Å². The molecule has 3 aromatic rings. The molecule has 1 saturated heterocycles. The number of hydrogen-bond donors (Lipinski definition) is 3. The highest BCUT2D eigenvalue weighted by molar-refractivity contribution is 6.09. The summed E-state index contributed by atoms with van der Waals surface area (Å²) in [6.07, 6.45) is -3.93. The van der Waals surface area contributed by atoms with Gasteiger partial charge < -0.3 is 39.6 Å². The van der Waals surface area contributed by atoms with Gasteiger partial charge >= 0.3 is 12.5 Å². The van der Waals surface area contributed by atoms with Gasteiger partial charge in [0.1, 0.15) is 35.1 Å². The van der Waals surface area contributed by atoms with Crippen LogP contribution in [0.5, 0.6) is 5.75 Å². The predicted octanol–water partition coefficient (Wildman–Crippen LogP) is 6.79. The number of nitrogens with zero attached hydrogens (tertiary/aromatic N) is 2. The van der Waals surface area contributed by atoms with Crippen molar-refractivity contribution in [2.24, 2.45) is 11.8 Å². The second-order valence-electron chi connectivity index (χ2n) is 15.8. The highest BCUT2D eigenvalue weighted by atomic mass is 19.4. The molecule has 1 fully saturated rings. The normalized spacial score (nSPS) is 15.1. The fraction of sp³-hybridized carbons (Fsp3) is 0.550. The van der Waals surface area contributed by atoms with Crippen molar-refractivity contribution in [3.05, 3.63) is 64.9 Å². The molecule has 2 heterocycles. The Hall–Kier alpha value is -4.93. The number of carbonyl (C=O) groups excluding carboxylic acids is 4. The minimum atomic E-state index is -5.09. The van der Waals surface area contributed by atoms with Crippen LogP contribution in [0.25, 0.3) is 10.9 Å². The molecular formula is C40H52F5N5O7. The van der Waals surface area contributed by atoms with E-state index in [0.29, 0.717) is 24.0 Å². The van der Waals surface area contributed by atoms with E-state index in [4.69, 9.17) is 9.47 Å². The van der Waals surface area contributed by atoms with Crippen molar-refractivity contribution in [1.82, 2.24) is 25.4 Å². The van der Waals surface area contributed by atoms with Crippen molar-refractivity contribution in [1.29, 1.82) is 0 Å². The number of carbonyl (C=O) groups is 4. The molecule has 1 aliphatic heterocycles. The molecule has 17 heteroatoms. The third kappa shape index (κ3) is 11.8. The van der Waals surface area contributed by atoms with Gasteiger partial charge in [-0.15, -0.1) is 13.2 Å². The molecule has 2 atom stereocenters. The zero-order valence-electron chi connectivity index (χ0n) is 33.4. The summed E-state index contributed by atoms with van der Waals surface area (Å²) in [5.74, 6) is -4.68. The first-order valence-electron chi connectivity index (χ1n) is 18.8. The van der Waals surface area contributed by atoms with E-state index in [2.05, 4.69) is 20.7 Å². The van der Waals surface area contributed by atoms with Crippen LogP contribution in [0.4, 0.5) is 26.7 Å². The van der Waals surface area contributed by atoms with Crippen molar-refractivity contribution in [2.75, 3.05) is 26.8 Å². The number of nitrogens with one attached hydrogen (secondary N) is 3. The van der Waals surface area contributed by atoms with Gasteiger partial charge in [-0.2, -0.15) is 0 Å². The SMILES string of the molecule is COCCn1cc(C(=O)N2CCC(c3cc(CNC(=O)[C@@H](NC(=O)[C@@H](NC(=O)OC(C)(C)C)C(C)C)C(C)C)ccc3F)CC2)c2c(OC(F)(F)F)ccc(F)c21. The number of aromatic nitrogens is 1. The quantitative estimate of drug-likeness (QED) is 0.153. The molecule has 1 aromatic heterocycles. The van der Waals surface area contributed by atoms with E-state index >= 15 is 8.78 Å². The lowest BCUT2D eigenvalue weighted by Gasteiger charge is -2.32. The number of likely N-dealkylation sites (tertiary alicyclic amines) is 1. The van der Waals surface area contributed by atoms with Crippen LogP contribution in [0, 0.1) is 23.5 Å². The second-order valence-corrected chi connectivity index (χ2v) is 15.8. The Morgan fingerprint density at radius 1 is 0.877 bits per heavy atom. The summed E-state index contributed by atoms with van der Waals surface area (Å²) in [5, 5.41) is 7.81.